The summed E-state index contributed by atoms with van der Waals surface area (Å²) in [7, 11) is 0. The second-order valence-electron chi connectivity index (χ2n) is 6.05. The molecule has 0 radical (unpaired) electrons. The fourth-order valence-electron chi connectivity index (χ4n) is 2.62. The minimum Gasteiger partial charge on any atom is -0.494 e. The van der Waals surface area contributed by atoms with Crippen LogP contribution in [0.15, 0.2) is 53.6 Å². The summed E-state index contributed by atoms with van der Waals surface area (Å²) < 4.78 is 5.45. The summed E-state index contributed by atoms with van der Waals surface area (Å²) in [6, 6.07) is 13.1. The molecule has 29 heavy (non-hydrogen) atoms. The number of hydrogen-bond acceptors (Lipinski definition) is 6. The molecule has 1 heterocycles. The van der Waals surface area contributed by atoms with E-state index < -0.39 is 4.92 Å². The summed E-state index contributed by atoms with van der Waals surface area (Å²) in [4.78, 5) is 26.5. The van der Waals surface area contributed by atoms with Gasteiger partial charge >= 0.3 is 0 Å². The van der Waals surface area contributed by atoms with Crippen molar-refractivity contribution < 1.29 is 14.5 Å². The van der Waals surface area contributed by atoms with Crippen LogP contribution in [-0.2, 0) is 11.2 Å². The Morgan fingerprint density at radius 1 is 1.28 bits per heavy atom. The summed E-state index contributed by atoms with van der Waals surface area (Å²) >= 11 is 6.21. The number of ether oxygens (including phenoxy) is 1. The van der Waals surface area contributed by atoms with Crippen molar-refractivity contribution in [1.29, 1.82) is 0 Å². The lowest BCUT2D eigenvalue weighted by Gasteiger charge is -2.06. The van der Waals surface area contributed by atoms with Gasteiger partial charge < -0.3 is 4.74 Å². The van der Waals surface area contributed by atoms with Crippen LogP contribution < -0.4 is 10.2 Å². The van der Waals surface area contributed by atoms with Gasteiger partial charge in [0.15, 0.2) is 0 Å². The number of nitrogens with zero attached hydrogens (tertiary/aromatic N) is 3. The van der Waals surface area contributed by atoms with Crippen LogP contribution in [-0.4, -0.2) is 28.6 Å². The lowest BCUT2D eigenvalue weighted by Crippen LogP contribution is -2.19. The smallest absolute Gasteiger partial charge is 0.269 e. The summed E-state index contributed by atoms with van der Waals surface area (Å²) in [6.45, 7) is 2.46. The van der Waals surface area contributed by atoms with Crippen LogP contribution in [0.1, 0.15) is 18.1 Å². The number of nitro benzene ring substituents is 1. The molecular formula is C20H17ClN4O4. The van der Waals surface area contributed by atoms with Crippen molar-refractivity contribution in [3.05, 3.63) is 74.9 Å². The van der Waals surface area contributed by atoms with Crippen LogP contribution in [0.5, 0.6) is 5.75 Å². The SMILES string of the molecule is CCOc1ccc2cc(/C=N/NC(=O)Cc3ccc([N+](=O)[O-])cc3)c(Cl)nc2c1. The minimum atomic E-state index is -0.493. The Bertz CT molecular complexity index is 1080. The first-order valence-electron chi connectivity index (χ1n) is 8.74. The maximum atomic E-state index is 12.0. The fourth-order valence-corrected chi connectivity index (χ4v) is 2.82. The zero-order chi connectivity index (χ0) is 20.8. The van der Waals surface area contributed by atoms with Crippen molar-refractivity contribution in [3.8, 4) is 5.75 Å². The Balaban J connectivity index is 1.65. The number of benzene rings is 2. The first-order chi connectivity index (χ1) is 14.0. The molecule has 1 aromatic heterocycles. The fraction of sp³-hybridized carbons (Fsp3) is 0.150. The van der Waals surface area contributed by atoms with Gasteiger partial charge in [0.2, 0.25) is 5.91 Å². The number of rotatable bonds is 7. The van der Waals surface area contributed by atoms with E-state index in [-0.39, 0.29) is 23.2 Å². The highest BCUT2D eigenvalue weighted by atomic mass is 35.5. The van der Waals surface area contributed by atoms with Gasteiger partial charge in [-0.2, -0.15) is 5.10 Å². The van der Waals surface area contributed by atoms with Crippen LogP contribution in [0.25, 0.3) is 10.9 Å². The number of halogens is 1. The Kier molecular flexibility index (Phi) is 6.36. The number of non-ortho nitro benzene ring substituents is 1. The number of amides is 1. The molecule has 0 saturated heterocycles. The highest BCUT2D eigenvalue weighted by molar-refractivity contribution is 6.32. The van der Waals surface area contributed by atoms with Gasteiger partial charge in [0.05, 0.1) is 29.7 Å². The molecule has 0 saturated carbocycles. The third kappa shape index (κ3) is 5.26. The van der Waals surface area contributed by atoms with Crippen LogP contribution in [0.2, 0.25) is 5.15 Å². The molecule has 0 aliphatic rings. The zero-order valence-electron chi connectivity index (χ0n) is 15.5. The second kappa shape index (κ2) is 9.11. The lowest BCUT2D eigenvalue weighted by molar-refractivity contribution is -0.384. The van der Waals surface area contributed by atoms with Gasteiger partial charge in [0, 0.05) is 29.1 Å². The maximum Gasteiger partial charge on any atom is 0.269 e. The number of pyridine rings is 1. The van der Waals surface area contributed by atoms with Gasteiger partial charge in [-0.25, -0.2) is 10.4 Å². The van der Waals surface area contributed by atoms with E-state index in [4.69, 9.17) is 16.3 Å². The Hall–Kier alpha value is -3.52. The normalized spacial score (nSPS) is 11.0. The number of carbonyl (C=O) groups is 1. The highest BCUT2D eigenvalue weighted by Gasteiger charge is 2.08. The van der Waals surface area contributed by atoms with Gasteiger partial charge in [0.1, 0.15) is 10.9 Å². The molecule has 9 heteroatoms. The van der Waals surface area contributed by atoms with Gasteiger partial charge in [-0.05, 0) is 30.7 Å². The molecule has 0 aliphatic carbocycles. The number of fused-ring (bicyclic) bond motifs is 1. The van der Waals surface area contributed by atoms with Crippen LogP contribution in [0, 0.1) is 10.1 Å². The third-order valence-corrected chi connectivity index (χ3v) is 4.29. The molecule has 8 nitrogen and oxygen atoms in total. The predicted molar refractivity (Wildman–Crippen MR) is 110 cm³/mol. The summed E-state index contributed by atoms with van der Waals surface area (Å²) in [5.41, 5.74) is 4.27. The topological polar surface area (TPSA) is 107 Å². The van der Waals surface area contributed by atoms with E-state index in [1.165, 1.54) is 30.5 Å². The molecule has 0 fully saturated rings. The first-order valence-corrected chi connectivity index (χ1v) is 9.12. The van der Waals surface area contributed by atoms with Crippen molar-refractivity contribution in [2.45, 2.75) is 13.3 Å². The number of hydrogen-bond donors (Lipinski definition) is 1. The maximum absolute atomic E-state index is 12.0. The average molecular weight is 413 g/mol. The number of nitro groups is 1. The van der Waals surface area contributed by atoms with Gasteiger partial charge in [-0.1, -0.05) is 23.7 Å². The van der Waals surface area contributed by atoms with Crippen molar-refractivity contribution in [1.82, 2.24) is 10.4 Å². The van der Waals surface area contributed by atoms with E-state index in [0.29, 0.717) is 29.0 Å². The number of aromatic nitrogens is 1. The molecular weight excluding hydrogens is 396 g/mol. The largest absolute Gasteiger partial charge is 0.494 e. The molecule has 3 rings (SSSR count). The molecule has 0 bridgehead atoms. The molecule has 0 atom stereocenters. The summed E-state index contributed by atoms with van der Waals surface area (Å²) in [5.74, 6) is 0.352. The van der Waals surface area contributed by atoms with E-state index in [0.717, 1.165) is 5.39 Å². The van der Waals surface area contributed by atoms with Crippen LogP contribution in [0.4, 0.5) is 5.69 Å². The summed E-state index contributed by atoms with van der Waals surface area (Å²) in [5, 5.41) is 15.7. The molecule has 3 aromatic rings. The number of nitrogens with one attached hydrogen (secondary N) is 1. The predicted octanol–water partition coefficient (Wildman–Crippen LogP) is 3.89. The quantitative estimate of drug-likeness (QED) is 0.274. The van der Waals surface area contributed by atoms with Gasteiger partial charge in [-0.3, -0.25) is 14.9 Å². The van der Waals surface area contributed by atoms with E-state index in [9.17, 15) is 14.9 Å². The summed E-state index contributed by atoms with van der Waals surface area (Å²) in [6.07, 6.45) is 1.46. The van der Waals surface area contributed by atoms with Crippen molar-refractivity contribution in [2.75, 3.05) is 6.61 Å². The molecule has 0 unspecified atom stereocenters. The molecule has 148 valence electrons. The third-order valence-electron chi connectivity index (χ3n) is 3.99. The molecule has 0 spiro atoms. The number of carbonyl (C=O) groups excluding carboxylic acids is 1. The molecule has 2 aromatic carbocycles. The van der Waals surface area contributed by atoms with Crippen LogP contribution >= 0.6 is 11.6 Å². The standard InChI is InChI=1S/C20H17ClN4O4/c1-2-29-17-8-5-14-10-15(20(21)23-18(14)11-17)12-22-24-19(26)9-13-3-6-16(7-4-13)25(27)28/h3-8,10-12H,2,9H2,1H3,(H,24,26)/b22-12+. The van der Waals surface area contributed by atoms with Crippen LogP contribution in [0.3, 0.4) is 0 Å². The molecule has 0 aliphatic heterocycles. The van der Waals surface area contributed by atoms with Gasteiger partial charge in [0.25, 0.3) is 5.69 Å². The first kappa shape index (κ1) is 20.2. The second-order valence-corrected chi connectivity index (χ2v) is 6.41. The average Bonchev–Trinajstić information content (AvgIpc) is 2.69. The Morgan fingerprint density at radius 3 is 2.72 bits per heavy atom. The molecule has 1 amide bonds. The zero-order valence-corrected chi connectivity index (χ0v) is 16.2. The van der Waals surface area contributed by atoms with Crippen molar-refractivity contribution >= 4 is 40.3 Å². The molecule has 1 N–H and O–H groups in total. The van der Waals surface area contributed by atoms with Crippen molar-refractivity contribution in [3.63, 3.8) is 0 Å². The van der Waals surface area contributed by atoms with E-state index in [2.05, 4.69) is 15.5 Å². The number of hydrazone groups is 1. The minimum absolute atomic E-state index is 0.0287. The van der Waals surface area contributed by atoms with E-state index >= 15 is 0 Å². The Morgan fingerprint density at radius 2 is 2.03 bits per heavy atom. The monoisotopic (exact) mass is 412 g/mol. The van der Waals surface area contributed by atoms with E-state index in [1.54, 1.807) is 6.07 Å². The van der Waals surface area contributed by atoms with Crippen molar-refractivity contribution in [2.24, 2.45) is 5.10 Å². The van der Waals surface area contributed by atoms with E-state index in [1.807, 2.05) is 25.1 Å². The highest BCUT2D eigenvalue weighted by Crippen LogP contribution is 2.23. The van der Waals surface area contributed by atoms with Gasteiger partial charge in [-0.15, -0.1) is 0 Å². The Labute approximate surface area is 171 Å². The lowest BCUT2D eigenvalue weighted by atomic mass is 10.1.